The van der Waals surface area contributed by atoms with Gasteiger partial charge in [0.05, 0.1) is 23.4 Å². The molecule has 2 aromatic rings. The first-order chi connectivity index (χ1) is 15.2. The van der Waals surface area contributed by atoms with Gasteiger partial charge in [0, 0.05) is 19.1 Å². The summed E-state index contributed by atoms with van der Waals surface area (Å²) in [6.45, 7) is 3.50. The van der Waals surface area contributed by atoms with Gasteiger partial charge in [-0.1, -0.05) is 17.7 Å². The topological polar surface area (TPSA) is 113 Å². The Balaban J connectivity index is 1.98. The molecule has 0 aliphatic heterocycles. The second-order valence-electron chi connectivity index (χ2n) is 7.57. The molecule has 2 aromatic carbocycles. The fourth-order valence-electron chi connectivity index (χ4n) is 2.94. The predicted octanol–water partition coefficient (Wildman–Crippen LogP) is 2.25. The number of sulfonamides is 2. The van der Waals surface area contributed by atoms with Gasteiger partial charge in [0.25, 0.3) is 0 Å². The van der Waals surface area contributed by atoms with Gasteiger partial charge in [0.15, 0.2) is 0 Å². The Morgan fingerprint density at radius 1 is 1.09 bits per heavy atom. The van der Waals surface area contributed by atoms with Crippen molar-refractivity contribution < 1.29 is 26.4 Å². The van der Waals surface area contributed by atoms with E-state index >= 15 is 0 Å². The first-order valence-electron chi connectivity index (χ1n) is 9.94. The summed E-state index contributed by atoms with van der Waals surface area (Å²) in [6, 6.07) is 9.67. The number of anilines is 1. The van der Waals surface area contributed by atoms with Crippen molar-refractivity contribution in [1.29, 1.82) is 0 Å². The normalized spacial score (nSPS) is 12.9. The average Bonchev–Trinajstić information content (AvgIpc) is 2.73. The second-order valence-corrected chi connectivity index (χ2v) is 12.0. The molecule has 1 amide bonds. The minimum absolute atomic E-state index is 0.105. The maximum atomic E-state index is 12.6. The maximum absolute atomic E-state index is 12.6. The van der Waals surface area contributed by atoms with Gasteiger partial charge >= 0.3 is 0 Å². The summed E-state index contributed by atoms with van der Waals surface area (Å²) < 4.78 is 56.6. The highest BCUT2D eigenvalue weighted by Crippen LogP contribution is 2.26. The Hall–Kier alpha value is -2.34. The summed E-state index contributed by atoms with van der Waals surface area (Å²) in [4.78, 5) is 12.7. The van der Waals surface area contributed by atoms with Crippen LogP contribution in [0.2, 0.25) is 5.02 Å². The third-order valence-corrected chi connectivity index (χ3v) is 8.25. The highest BCUT2D eigenvalue weighted by Gasteiger charge is 2.29. The van der Waals surface area contributed by atoms with Gasteiger partial charge in [0.1, 0.15) is 18.4 Å². The average molecular weight is 518 g/mol. The quantitative estimate of drug-likeness (QED) is 0.484. The van der Waals surface area contributed by atoms with Crippen molar-refractivity contribution in [3.8, 4) is 5.75 Å². The number of carbonyl (C=O) groups excluding carboxylic acids is 1. The van der Waals surface area contributed by atoms with Crippen molar-refractivity contribution in [2.75, 3.05) is 37.8 Å². The number of hydrogen-bond donors (Lipinski definition) is 1. The Morgan fingerprint density at radius 3 is 2.21 bits per heavy atom. The lowest BCUT2D eigenvalue weighted by Crippen LogP contribution is -2.48. The molecule has 12 heteroatoms. The number of nitrogens with one attached hydrogen (secondary N) is 1. The lowest BCUT2D eigenvalue weighted by atomic mass is 10.2. The number of amides is 1. The van der Waals surface area contributed by atoms with E-state index in [0.717, 1.165) is 20.4 Å². The van der Waals surface area contributed by atoms with Crippen LogP contribution in [-0.4, -0.2) is 66.6 Å². The van der Waals surface area contributed by atoms with Gasteiger partial charge in [-0.05, 0) is 55.8 Å². The number of halogens is 1. The highest BCUT2D eigenvalue weighted by molar-refractivity contribution is 7.92. The number of hydrogen-bond acceptors (Lipinski definition) is 6. The number of nitrogens with zero attached hydrogens (tertiary/aromatic N) is 2. The van der Waals surface area contributed by atoms with Gasteiger partial charge in [-0.3, -0.25) is 9.10 Å². The molecule has 33 heavy (non-hydrogen) atoms. The Morgan fingerprint density at radius 2 is 1.70 bits per heavy atom. The molecule has 0 heterocycles. The van der Waals surface area contributed by atoms with Crippen molar-refractivity contribution >= 4 is 43.2 Å². The minimum atomic E-state index is -3.76. The SMILES string of the molecule is Cc1ccc(N([C@H](C)C(=O)NCCOc2ccc(S(=O)(=O)N(C)C)cc2)S(C)(=O)=O)cc1Cl. The van der Waals surface area contributed by atoms with Gasteiger partial charge in [-0.15, -0.1) is 0 Å². The molecule has 1 atom stereocenters. The lowest BCUT2D eigenvalue weighted by Gasteiger charge is -2.28. The predicted molar refractivity (Wildman–Crippen MR) is 129 cm³/mol. The van der Waals surface area contributed by atoms with Crippen molar-refractivity contribution in [3.05, 3.63) is 53.1 Å². The van der Waals surface area contributed by atoms with Crippen LogP contribution < -0.4 is 14.4 Å². The van der Waals surface area contributed by atoms with Crippen molar-refractivity contribution in [1.82, 2.24) is 9.62 Å². The van der Waals surface area contributed by atoms with Crippen LogP contribution in [-0.2, 0) is 24.8 Å². The molecule has 0 radical (unpaired) electrons. The fourth-order valence-corrected chi connectivity index (χ4v) is 5.18. The summed E-state index contributed by atoms with van der Waals surface area (Å²) >= 11 is 6.13. The molecule has 182 valence electrons. The standard InChI is InChI=1S/C21H28ClN3O6S2/c1-15-6-7-17(14-20(15)22)25(32(5,27)28)16(2)21(26)23-12-13-31-18-8-10-19(11-9-18)33(29,30)24(3)4/h6-11,14,16H,12-13H2,1-5H3,(H,23,26)/t16-/m1/s1. The maximum Gasteiger partial charge on any atom is 0.243 e. The van der Waals surface area contributed by atoms with Crippen molar-refractivity contribution in [3.63, 3.8) is 0 Å². The zero-order chi connectivity index (χ0) is 25.0. The summed E-state index contributed by atoms with van der Waals surface area (Å²) in [5.74, 6) is -0.0739. The Bertz CT molecular complexity index is 1200. The van der Waals surface area contributed by atoms with Gasteiger partial charge < -0.3 is 10.1 Å². The van der Waals surface area contributed by atoms with Gasteiger partial charge in [-0.2, -0.15) is 0 Å². The van der Waals surface area contributed by atoms with E-state index in [1.165, 1.54) is 51.4 Å². The zero-order valence-corrected chi connectivity index (χ0v) is 21.5. The molecular weight excluding hydrogens is 490 g/mol. The molecule has 0 saturated carbocycles. The first kappa shape index (κ1) is 26.9. The lowest BCUT2D eigenvalue weighted by molar-refractivity contribution is -0.121. The first-order valence-corrected chi connectivity index (χ1v) is 13.6. The fraction of sp³-hybridized carbons (Fsp3) is 0.381. The Kier molecular flexibility index (Phi) is 8.75. The number of ether oxygens (including phenoxy) is 1. The largest absolute Gasteiger partial charge is 0.492 e. The van der Waals surface area contributed by atoms with Crippen LogP contribution >= 0.6 is 11.6 Å². The third kappa shape index (κ3) is 6.83. The van der Waals surface area contributed by atoms with Gasteiger partial charge in [-0.25, -0.2) is 21.1 Å². The molecular formula is C21H28ClN3O6S2. The smallest absolute Gasteiger partial charge is 0.243 e. The van der Waals surface area contributed by atoms with E-state index in [1.807, 2.05) is 0 Å². The monoisotopic (exact) mass is 517 g/mol. The molecule has 0 aromatic heterocycles. The van der Waals surface area contributed by atoms with E-state index in [0.29, 0.717) is 16.5 Å². The van der Waals surface area contributed by atoms with E-state index in [9.17, 15) is 21.6 Å². The van der Waals surface area contributed by atoms with Crippen LogP contribution in [0, 0.1) is 6.92 Å². The number of benzene rings is 2. The number of carbonyl (C=O) groups is 1. The molecule has 0 bridgehead atoms. The summed E-state index contributed by atoms with van der Waals surface area (Å²) in [7, 11) is -4.39. The summed E-state index contributed by atoms with van der Waals surface area (Å²) in [6.07, 6.45) is 1.02. The van der Waals surface area contributed by atoms with Crippen LogP contribution in [0.25, 0.3) is 0 Å². The van der Waals surface area contributed by atoms with Gasteiger partial charge in [0.2, 0.25) is 26.0 Å². The Labute approximate surface area is 200 Å². The molecule has 9 nitrogen and oxygen atoms in total. The molecule has 0 spiro atoms. The molecule has 0 saturated heterocycles. The minimum Gasteiger partial charge on any atom is -0.492 e. The third-order valence-electron chi connectivity index (χ3n) is 4.77. The molecule has 0 fully saturated rings. The summed E-state index contributed by atoms with van der Waals surface area (Å²) in [5.41, 5.74) is 1.08. The highest BCUT2D eigenvalue weighted by atomic mass is 35.5. The van der Waals surface area contributed by atoms with Crippen LogP contribution in [0.4, 0.5) is 5.69 Å². The number of aryl methyl sites for hydroxylation is 1. The zero-order valence-electron chi connectivity index (χ0n) is 19.1. The molecule has 0 aliphatic carbocycles. The van der Waals surface area contributed by atoms with E-state index < -0.39 is 32.0 Å². The number of rotatable bonds is 10. The van der Waals surface area contributed by atoms with Crippen LogP contribution in [0.15, 0.2) is 47.4 Å². The van der Waals surface area contributed by atoms with E-state index in [4.69, 9.17) is 16.3 Å². The molecule has 0 aliphatic rings. The molecule has 1 N–H and O–H groups in total. The molecule has 0 unspecified atom stereocenters. The summed E-state index contributed by atoms with van der Waals surface area (Å²) in [5, 5.41) is 3.04. The molecule has 2 rings (SSSR count). The second kappa shape index (κ2) is 10.7. The van der Waals surface area contributed by atoms with E-state index in [2.05, 4.69) is 5.32 Å². The van der Waals surface area contributed by atoms with Crippen LogP contribution in [0.5, 0.6) is 5.75 Å². The van der Waals surface area contributed by atoms with Crippen molar-refractivity contribution in [2.45, 2.75) is 24.8 Å². The van der Waals surface area contributed by atoms with Crippen LogP contribution in [0.1, 0.15) is 12.5 Å². The van der Waals surface area contributed by atoms with Crippen molar-refractivity contribution in [2.24, 2.45) is 0 Å². The van der Waals surface area contributed by atoms with E-state index in [1.54, 1.807) is 19.1 Å². The van der Waals surface area contributed by atoms with E-state index in [-0.39, 0.29) is 18.0 Å². The van der Waals surface area contributed by atoms with Crippen LogP contribution in [0.3, 0.4) is 0 Å².